The first-order valence-corrected chi connectivity index (χ1v) is 8.57. The number of rotatable bonds is 4. The van der Waals surface area contributed by atoms with E-state index in [1.54, 1.807) is 6.20 Å². The Morgan fingerprint density at radius 1 is 1.12 bits per heavy atom. The van der Waals surface area contributed by atoms with Crippen LogP contribution < -0.4 is 10.6 Å². The van der Waals surface area contributed by atoms with Crippen molar-refractivity contribution in [2.75, 3.05) is 10.6 Å². The van der Waals surface area contributed by atoms with E-state index in [-0.39, 0.29) is 17.2 Å². The van der Waals surface area contributed by atoms with Gasteiger partial charge in [0.05, 0.1) is 11.9 Å². The van der Waals surface area contributed by atoms with Gasteiger partial charge in [-0.05, 0) is 42.0 Å². The second-order valence-corrected chi connectivity index (χ2v) is 7.47. The molecule has 1 aliphatic rings. The summed E-state index contributed by atoms with van der Waals surface area (Å²) in [6.45, 7) is 6.58. The van der Waals surface area contributed by atoms with Crippen LogP contribution in [0.2, 0.25) is 0 Å². The SMILES string of the molecule is CC(C)(C)c1ccccc1Nc1ccc(NC(=O)C2CCC2)cn1. The summed E-state index contributed by atoms with van der Waals surface area (Å²) < 4.78 is 0. The molecule has 4 heteroatoms. The molecule has 1 aromatic carbocycles. The van der Waals surface area contributed by atoms with E-state index in [1.165, 1.54) is 5.56 Å². The number of para-hydroxylation sites is 1. The van der Waals surface area contributed by atoms with E-state index in [1.807, 2.05) is 18.2 Å². The van der Waals surface area contributed by atoms with E-state index >= 15 is 0 Å². The molecule has 0 radical (unpaired) electrons. The maximum absolute atomic E-state index is 12.0. The summed E-state index contributed by atoms with van der Waals surface area (Å²) in [6, 6.07) is 12.1. The lowest BCUT2D eigenvalue weighted by Crippen LogP contribution is -2.28. The zero-order valence-corrected chi connectivity index (χ0v) is 14.6. The monoisotopic (exact) mass is 323 g/mol. The largest absolute Gasteiger partial charge is 0.340 e. The average Bonchev–Trinajstić information content (AvgIpc) is 2.47. The second kappa shape index (κ2) is 6.63. The molecule has 0 spiro atoms. The molecule has 1 aliphatic carbocycles. The van der Waals surface area contributed by atoms with Crippen molar-refractivity contribution in [1.29, 1.82) is 0 Å². The van der Waals surface area contributed by atoms with Crippen LogP contribution in [0.4, 0.5) is 17.2 Å². The van der Waals surface area contributed by atoms with Crippen LogP contribution in [0.3, 0.4) is 0 Å². The lowest BCUT2D eigenvalue weighted by atomic mass is 9.85. The number of hydrogen-bond donors (Lipinski definition) is 2. The molecule has 1 heterocycles. The standard InChI is InChI=1S/C20H25N3O/c1-20(2,3)16-9-4-5-10-17(16)23-18-12-11-15(13-21-18)22-19(24)14-7-6-8-14/h4-5,9-14H,6-8H2,1-3H3,(H,21,23)(H,22,24). The van der Waals surface area contributed by atoms with Crippen LogP contribution in [-0.2, 0) is 10.2 Å². The zero-order valence-electron chi connectivity index (χ0n) is 14.6. The summed E-state index contributed by atoms with van der Waals surface area (Å²) in [5, 5.41) is 6.32. The van der Waals surface area contributed by atoms with E-state index in [2.05, 4.69) is 54.6 Å². The van der Waals surface area contributed by atoms with Gasteiger partial charge in [-0.3, -0.25) is 4.79 Å². The third kappa shape index (κ3) is 3.75. The Labute approximate surface area is 143 Å². The summed E-state index contributed by atoms with van der Waals surface area (Å²) in [6.07, 6.45) is 4.87. The van der Waals surface area contributed by atoms with Crippen molar-refractivity contribution in [2.45, 2.75) is 45.4 Å². The molecule has 0 aliphatic heterocycles. The fourth-order valence-corrected chi connectivity index (χ4v) is 2.84. The van der Waals surface area contributed by atoms with Crippen LogP contribution in [0.15, 0.2) is 42.6 Å². The molecule has 2 aromatic rings. The minimum absolute atomic E-state index is 0.0558. The Kier molecular flexibility index (Phi) is 4.56. The highest BCUT2D eigenvalue weighted by Gasteiger charge is 2.25. The van der Waals surface area contributed by atoms with Crippen molar-refractivity contribution >= 4 is 23.1 Å². The number of nitrogens with zero attached hydrogens (tertiary/aromatic N) is 1. The van der Waals surface area contributed by atoms with Gasteiger partial charge in [-0.25, -0.2) is 4.98 Å². The van der Waals surface area contributed by atoms with E-state index in [4.69, 9.17) is 0 Å². The Morgan fingerprint density at radius 3 is 2.46 bits per heavy atom. The molecule has 0 unspecified atom stereocenters. The molecule has 1 saturated carbocycles. The highest BCUT2D eigenvalue weighted by atomic mass is 16.1. The highest BCUT2D eigenvalue weighted by molar-refractivity contribution is 5.92. The third-order valence-electron chi connectivity index (χ3n) is 4.50. The summed E-state index contributed by atoms with van der Waals surface area (Å²) in [5.74, 6) is 1.07. The normalized spacial score (nSPS) is 14.8. The van der Waals surface area contributed by atoms with Crippen LogP contribution in [-0.4, -0.2) is 10.9 Å². The van der Waals surface area contributed by atoms with Gasteiger partial charge in [0.1, 0.15) is 5.82 Å². The number of anilines is 3. The third-order valence-corrected chi connectivity index (χ3v) is 4.50. The topological polar surface area (TPSA) is 54.0 Å². The van der Waals surface area contributed by atoms with E-state index in [0.29, 0.717) is 0 Å². The Morgan fingerprint density at radius 2 is 1.88 bits per heavy atom. The molecule has 0 atom stereocenters. The van der Waals surface area contributed by atoms with Gasteiger partial charge in [-0.2, -0.15) is 0 Å². The maximum atomic E-state index is 12.0. The predicted molar refractivity (Wildman–Crippen MR) is 98.6 cm³/mol. The fraction of sp³-hybridized carbons (Fsp3) is 0.400. The van der Waals surface area contributed by atoms with Crippen molar-refractivity contribution in [2.24, 2.45) is 5.92 Å². The van der Waals surface area contributed by atoms with Gasteiger partial charge in [0, 0.05) is 11.6 Å². The van der Waals surface area contributed by atoms with E-state index in [0.717, 1.165) is 36.5 Å². The first-order chi connectivity index (χ1) is 11.4. The van der Waals surface area contributed by atoms with Gasteiger partial charge in [-0.15, -0.1) is 0 Å². The molecule has 126 valence electrons. The summed E-state index contributed by atoms with van der Waals surface area (Å²) in [7, 11) is 0. The molecular formula is C20H25N3O. The van der Waals surface area contributed by atoms with Crippen LogP contribution in [0, 0.1) is 5.92 Å². The van der Waals surface area contributed by atoms with Crippen molar-refractivity contribution in [3.63, 3.8) is 0 Å². The van der Waals surface area contributed by atoms with E-state index < -0.39 is 0 Å². The maximum Gasteiger partial charge on any atom is 0.227 e. The molecule has 1 amide bonds. The van der Waals surface area contributed by atoms with Gasteiger partial charge < -0.3 is 10.6 Å². The molecule has 3 rings (SSSR count). The van der Waals surface area contributed by atoms with Gasteiger partial charge in [0.25, 0.3) is 0 Å². The van der Waals surface area contributed by atoms with Gasteiger partial charge in [-0.1, -0.05) is 45.4 Å². The molecule has 24 heavy (non-hydrogen) atoms. The minimum atomic E-state index is 0.0558. The lowest BCUT2D eigenvalue weighted by Gasteiger charge is -2.24. The smallest absolute Gasteiger partial charge is 0.227 e. The zero-order chi connectivity index (χ0) is 17.2. The molecule has 0 saturated heterocycles. The average molecular weight is 323 g/mol. The summed E-state index contributed by atoms with van der Waals surface area (Å²) in [5.41, 5.74) is 3.11. The van der Waals surface area contributed by atoms with Crippen molar-refractivity contribution < 1.29 is 4.79 Å². The minimum Gasteiger partial charge on any atom is -0.340 e. The number of benzene rings is 1. The first kappa shape index (κ1) is 16.5. The molecule has 0 bridgehead atoms. The number of amides is 1. The Balaban J connectivity index is 1.69. The lowest BCUT2D eigenvalue weighted by molar-refractivity contribution is -0.122. The quantitative estimate of drug-likeness (QED) is 0.844. The fourth-order valence-electron chi connectivity index (χ4n) is 2.84. The van der Waals surface area contributed by atoms with Gasteiger partial charge in [0.15, 0.2) is 0 Å². The number of pyridine rings is 1. The molecule has 2 N–H and O–H groups in total. The van der Waals surface area contributed by atoms with Crippen LogP contribution in [0.5, 0.6) is 0 Å². The number of carbonyl (C=O) groups is 1. The highest BCUT2D eigenvalue weighted by Crippen LogP contribution is 2.31. The predicted octanol–water partition coefficient (Wildman–Crippen LogP) is 4.86. The van der Waals surface area contributed by atoms with Crippen molar-refractivity contribution in [1.82, 2.24) is 4.98 Å². The molecular weight excluding hydrogens is 298 g/mol. The Bertz CT molecular complexity index is 712. The van der Waals surface area contributed by atoms with Crippen LogP contribution in [0.1, 0.15) is 45.6 Å². The summed E-state index contributed by atoms with van der Waals surface area (Å²) >= 11 is 0. The molecule has 1 fully saturated rings. The molecule has 1 aromatic heterocycles. The van der Waals surface area contributed by atoms with E-state index in [9.17, 15) is 4.79 Å². The molecule has 4 nitrogen and oxygen atoms in total. The van der Waals surface area contributed by atoms with Crippen molar-refractivity contribution in [3.8, 4) is 0 Å². The number of carbonyl (C=O) groups excluding carboxylic acids is 1. The van der Waals surface area contributed by atoms with Crippen molar-refractivity contribution in [3.05, 3.63) is 48.2 Å². The summed E-state index contributed by atoms with van der Waals surface area (Å²) in [4.78, 5) is 16.4. The van der Waals surface area contributed by atoms with Crippen LogP contribution >= 0.6 is 0 Å². The first-order valence-electron chi connectivity index (χ1n) is 8.57. The Hall–Kier alpha value is -2.36. The number of hydrogen-bond acceptors (Lipinski definition) is 3. The number of nitrogens with one attached hydrogen (secondary N) is 2. The van der Waals surface area contributed by atoms with Gasteiger partial charge in [0.2, 0.25) is 5.91 Å². The second-order valence-electron chi connectivity index (χ2n) is 7.47. The van der Waals surface area contributed by atoms with Gasteiger partial charge >= 0.3 is 0 Å². The van der Waals surface area contributed by atoms with Crippen LogP contribution in [0.25, 0.3) is 0 Å². The number of aromatic nitrogens is 1.